The second-order valence-corrected chi connectivity index (χ2v) is 4.51. The van der Waals surface area contributed by atoms with Crippen molar-refractivity contribution in [3.8, 4) is 0 Å². The summed E-state index contributed by atoms with van der Waals surface area (Å²) in [4.78, 5) is 24.2. The summed E-state index contributed by atoms with van der Waals surface area (Å²) in [7, 11) is 1.76. The molecule has 1 unspecified atom stereocenters. The Morgan fingerprint density at radius 1 is 1.58 bits per heavy atom. The minimum Gasteiger partial charge on any atom is -0.480 e. The number of aromatic nitrogens is 2. The van der Waals surface area contributed by atoms with Crippen molar-refractivity contribution in [1.82, 2.24) is 14.7 Å². The van der Waals surface area contributed by atoms with Crippen LogP contribution in [-0.2, 0) is 11.8 Å². The van der Waals surface area contributed by atoms with Gasteiger partial charge in [-0.1, -0.05) is 6.92 Å². The first-order valence-electron chi connectivity index (χ1n) is 6.14. The minimum absolute atomic E-state index is 0.145. The molecule has 106 valence electrons. The van der Waals surface area contributed by atoms with Gasteiger partial charge in [0.15, 0.2) is 0 Å². The first-order valence-corrected chi connectivity index (χ1v) is 6.14. The average molecular weight is 268 g/mol. The normalized spacial score (nSPS) is 12.0. The van der Waals surface area contributed by atoms with E-state index < -0.39 is 12.0 Å². The van der Waals surface area contributed by atoms with Gasteiger partial charge in [0.05, 0.1) is 11.4 Å². The fourth-order valence-corrected chi connectivity index (χ4v) is 1.70. The van der Waals surface area contributed by atoms with E-state index in [0.29, 0.717) is 17.8 Å². The van der Waals surface area contributed by atoms with Crippen molar-refractivity contribution in [2.45, 2.75) is 33.2 Å². The molecule has 1 heterocycles. The molecule has 1 aromatic heterocycles. The average Bonchev–Trinajstić information content (AvgIpc) is 2.63. The van der Waals surface area contributed by atoms with E-state index in [0.717, 1.165) is 0 Å². The highest BCUT2D eigenvalue weighted by Crippen LogP contribution is 2.13. The molecule has 19 heavy (non-hydrogen) atoms. The summed E-state index contributed by atoms with van der Waals surface area (Å²) in [5, 5.41) is 15.7. The maximum atomic E-state index is 12.1. The van der Waals surface area contributed by atoms with Crippen LogP contribution in [0, 0.1) is 6.92 Å². The molecule has 0 aliphatic carbocycles. The summed E-state index contributed by atoms with van der Waals surface area (Å²) in [5.74, 6) is -1.03. The second-order valence-electron chi connectivity index (χ2n) is 4.51. The van der Waals surface area contributed by atoms with E-state index in [1.54, 1.807) is 24.9 Å². The summed E-state index contributed by atoms with van der Waals surface area (Å²) in [5.41, 5.74) is 1.28. The number of carbonyl (C=O) groups excluding carboxylic acids is 1. The zero-order chi connectivity index (χ0) is 14.6. The third kappa shape index (κ3) is 3.97. The monoisotopic (exact) mass is 268 g/mol. The van der Waals surface area contributed by atoms with Gasteiger partial charge in [-0.25, -0.2) is 4.79 Å². The molecule has 0 aromatic carbocycles. The molecule has 7 nitrogen and oxygen atoms in total. The molecule has 0 saturated heterocycles. The Morgan fingerprint density at radius 3 is 2.63 bits per heavy atom. The van der Waals surface area contributed by atoms with Crippen LogP contribution in [-0.4, -0.2) is 44.4 Å². The lowest BCUT2D eigenvalue weighted by molar-refractivity contribution is -0.138. The number of carboxylic acids is 1. The van der Waals surface area contributed by atoms with Crippen LogP contribution in [0.3, 0.4) is 0 Å². The third-order valence-electron chi connectivity index (χ3n) is 2.94. The highest BCUT2D eigenvalue weighted by atomic mass is 16.4. The summed E-state index contributed by atoms with van der Waals surface area (Å²) in [6, 6.07) is -0.569. The Bertz CT molecular complexity index is 470. The molecule has 0 spiro atoms. The molecule has 1 aromatic rings. The molecule has 0 aliphatic heterocycles. The molecule has 1 atom stereocenters. The molecular formula is C12H20N4O3. The van der Waals surface area contributed by atoms with Crippen molar-refractivity contribution in [2.75, 3.05) is 11.9 Å². The predicted molar refractivity (Wildman–Crippen MR) is 71.1 cm³/mol. The number of hydrogen-bond donors (Lipinski definition) is 2. The van der Waals surface area contributed by atoms with Crippen LogP contribution < -0.4 is 5.32 Å². The van der Waals surface area contributed by atoms with E-state index >= 15 is 0 Å². The van der Waals surface area contributed by atoms with Gasteiger partial charge in [0, 0.05) is 19.3 Å². The molecule has 0 aliphatic rings. The van der Waals surface area contributed by atoms with Gasteiger partial charge in [0.1, 0.15) is 6.54 Å². The maximum absolute atomic E-state index is 12.1. The molecule has 2 amide bonds. The lowest BCUT2D eigenvalue weighted by Crippen LogP contribution is -2.44. The Hall–Kier alpha value is -2.05. The van der Waals surface area contributed by atoms with Crippen LogP contribution in [0.25, 0.3) is 0 Å². The maximum Gasteiger partial charge on any atom is 0.323 e. The van der Waals surface area contributed by atoms with E-state index in [1.807, 2.05) is 13.8 Å². The molecule has 0 radical (unpaired) electrons. The van der Waals surface area contributed by atoms with Crippen LogP contribution in [0.2, 0.25) is 0 Å². The topological polar surface area (TPSA) is 87.5 Å². The van der Waals surface area contributed by atoms with Gasteiger partial charge in [-0.15, -0.1) is 0 Å². The SMILES string of the molecule is CCC(C)N(CC(=O)O)C(=O)Nc1cn(C)nc1C. The zero-order valence-electron chi connectivity index (χ0n) is 11.7. The van der Waals surface area contributed by atoms with E-state index in [2.05, 4.69) is 10.4 Å². The first kappa shape index (κ1) is 15.0. The lowest BCUT2D eigenvalue weighted by atomic mass is 10.2. The highest BCUT2D eigenvalue weighted by molar-refractivity contribution is 5.91. The number of rotatable bonds is 5. The standard InChI is InChI=1S/C12H20N4O3/c1-5-8(2)16(7-11(17)18)12(19)13-10-6-15(4)14-9(10)3/h6,8H,5,7H2,1-4H3,(H,13,19)(H,17,18). The van der Waals surface area contributed by atoms with Crippen molar-refractivity contribution in [1.29, 1.82) is 0 Å². The number of urea groups is 1. The molecule has 1 rings (SSSR count). The number of amides is 2. The Morgan fingerprint density at radius 2 is 2.21 bits per heavy atom. The van der Waals surface area contributed by atoms with Gasteiger partial charge < -0.3 is 15.3 Å². The highest BCUT2D eigenvalue weighted by Gasteiger charge is 2.22. The van der Waals surface area contributed by atoms with Gasteiger partial charge in [-0.2, -0.15) is 5.10 Å². The van der Waals surface area contributed by atoms with Crippen molar-refractivity contribution in [2.24, 2.45) is 7.05 Å². The Balaban J connectivity index is 2.82. The molecule has 2 N–H and O–H groups in total. The fourth-order valence-electron chi connectivity index (χ4n) is 1.70. The number of aryl methyl sites for hydroxylation is 2. The lowest BCUT2D eigenvalue weighted by Gasteiger charge is -2.26. The van der Waals surface area contributed by atoms with Gasteiger partial charge in [0.25, 0.3) is 0 Å². The zero-order valence-corrected chi connectivity index (χ0v) is 11.7. The summed E-state index contributed by atoms with van der Waals surface area (Å²) in [6.07, 6.45) is 2.37. The third-order valence-corrected chi connectivity index (χ3v) is 2.94. The number of carbonyl (C=O) groups is 2. The van der Waals surface area contributed by atoms with Crippen LogP contribution >= 0.6 is 0 Å². The van der Waals surface area contributed by atoms with Crippen LogP contribution in [0.4, 0.5) is 10.5 Å². The molecular weight excluding hydrogens is 248 g/mol. The fraction of sp³-hybridized carbons (Fsp3) is 0.583. The van der Waals surface area contributed by atoms with Gasteiger partial charge in [0.2, 0.25) is 0 Å². The summed E-state index contributed by atoms with van der Waals surface area (Å²) < 4.78 is 1.59. The van der Waals surface area contributed by atoms with Crippen molar-refractivity contribution in [3.63, 3.8) is 0 Å². The molecule has 7 heteroatoms. The largest absolute Gasteiger partial charge is 0.480 e. The second kappa shape index (κ2) is 6.21. The minimum atomic E-state index is -1.03. The number of nitrogens with zero attached hydrogens (tertiary/aromatic N) is 3. The molecule has 0 fully saturated rings. The van der Waals surface area contributed by atoms with Gasteiger partial charge in [-0.05, 0) is 20.3 Å². The smallest absolute Gasteiger partial charge is 0.323 e. The van der Waals surface area contributed by atoms with Crippen molar-refractivity contribution < 1.29 is 14.7 Å². The molecule has 0 bridgehead atoms. The van der Waals surface area contributed by atoms with Crippen molar-refractivity contribution >= 4 is 17.7 Å². The van der Waals surface area contributed by atoms with Crippen LogP contribution in [0.1, 0.15) is 26.0 Å². The van der Waals surface area contributed by atoms with E-state index in [4.69, 9.17) is 5.11 Å². The Labute approximate surface area is 112 Å². The van der Waals surface area contributed by atoms with Gasteiger partial charge in [-0.3, -0.25) is 9.48 Å². The quantitative estimate of drug-likeness (QED) is 0.846. The van der Waals surface area contributed by atoms with Crippen LogP contribution in [0.5, 0.6) is 0 Å². The summed E-state index contributed by atoms with van der Waals surface area (Å²) in [6.45, 7) is 5.18. The summed E-state index contributed by atoms with van der Waals surface area (Å²) >= 11 is 0. The first-order chi connectivity index (χ1) is 8.85. The Kier molecular flexibility index (Phi) is 4.91. The number of anilines is 1. The van der Waals surface area contributed by atoms with E-state index in [9.17, 15) is 9.59 Å². The molecule has 0 saturated carbocycles. The van der Waals surface area contributed by atoms with E-state index in [-0.39, 0.29) is 12.6 Å². The number of nitrogens with one attached hydrogen (secondary N) is 1. The van der Waals surface area contributed by atoms with Gasteiger partial charge >= 0.3 is 12.0 Å². The number of carboxylic acid groups (broad SMARTS) is 1. The number of hydrogen-bond acceptors (Lipinski definition) is 3. The number of aliphatic carboxylic acids is 1. The van der Waals surface area contributed by atoms with E-state index in [1.165, 1.54) is 4.90 Å². The van der Waals surface area contributed by atoms with Crippen molar-refractivity contribution in [3.05, 3.63) is 11.9 Å². The predicted octanol–water partition coefficient (Wildman–Crippen LogP) is 1.45. The van der Waals surface area contributed by atoms with Crippen LogP contribution in [0.15, 0.2) is 6.20 Å².